The lowest BCUT2D eigenvalue weighted by Crippen LogP contribution is -2.29. The number of nitro benzene ring substituents is 1. The van der Waals surface area contributed by atoms with E-state index in [1.165, 1.54) is 12.1 Å². The van der Waals surface area contributed by atoms with Crippen molar-refractivity contribution in [1.29, 1.82) is 0 Å². The Morgan fingerprint density at radius 3 is 2.79 bits per heavy atom. The number of rotatable bonds is 6. The molecule has 2 rings (SSSR count). The molecule has 1 amide bonds. The fraction of sp³-hybridized carbons (Fsp3) is 0.417. The largest absolute Gasteiger partial charge is 0.378 e. The first-order valence-electron chi connectivity index (χ1n) is 6.04. The third-order valence-electron chi connectivity index (χ3n) is 2.86. The highest BCUT2D eigenvalue weighted by Crippen LogP contribution is 2.29. The standard InChI is InChI=1S/C12H14FN3O3/c13-9-2-1-3-10(11(9)16(18)19)14-6-7-15-12(17)8-4-5-8/h1-3,8,14H,4-7H2,(H,15,17). The van der Waals surface area contributed by atoms with Crippen LogP contribution in [0.5, 0.6) is 0 Å². The predicted octanol–water partition coefficient (Wildman–Crippen LogP) is 1.67. The Kier molecular flexibility index (Phi) is 3.94. The van der Waals surface area contributed by atoms with Crippen molar-refractivity contribution in [3.63, 3.8) is 0 Å². The minimum absolute atomic E-state index is 0.00976. The van der Waals surface area contributed by atoms with Gasteiger partial charge in [0.2, 0.25) is 11.7 Å². The molecule has 6 nitrogen and oxygen atoms in total. The van der Waals surface area contributed by atoms with E-state index in [0.717, 1.165) is 18.9 Å². The lowest BCUT2D eigenvalue weighted by atomic mass is 10.2. The summed E-state index contributed by atoms with van der Waals surface area (Å²) in [7, 11) is 0. The third-order valence-corrected chi connectivity index (χ3v) is 2.86. The number of amides is 1. The average Bonchev–Trinajstić information content (AvgIpc) is 3.18. The van der Waals surface area contributed by atoms with E-state index in [0.29, 0.717) is 13.1 Å². The number of carbonyl (C=O) groups excluding carboxylic acids is 1. The number of para-hydroxylation sites is 1. The molecule has 0 atom stereocenters. The smallest absolute Gasteiger partial charge is 0.327 e. The van der Waals surface area contributed by atoms with Gasteiger partial charge in [0.15, 0.2) is 0 Å². The van der Waals surface area contributed by atoms with E-state index in [1.807, 2.05) is 0 Å². The molecule has 102 valence electrons. The minimum atomic E-state index is -0.878. The summed E-state index contributed by atoms with van der Waals surface area (Å²) < 4.78 is 13.3. The van der Waals surface area contributed by atoms with Gasteiger partial charge in [-0.25, -0.2) is 0 Å². The maximum Gasteiger partial charge on any atom is 0.327 e. The zero-order valence-electron chi connectivity index (χ0n) is 10.2. The molecule has 1 aromatic rings. The molecule has 0 heterocycles. The second-order valence-corrected chi connectivity index (χ2v) is 4.39. The zero-order valence-corrected chi connectivity index (χ0v) is 10.2. The van der Waals surface area contributed by atoms with Gasteiger partial charge in [-0.05, 0) is 25.0 Å². The lowest BCUT2D eigenvalue weighted by molar-refractivity contribution is -0.386. The number of nitrogens with one attached hydrogen (secondary N) is 2. The quantitative estimate of drug-likeness (QED) is 0.466. The Bertz CT molecular complexity index is 503. The van der Waals surface area contributed by atoms with E-state index >= 15 is 0 Å². The van der Waals surface area contributed by atoms with Gasteiger partial charge < -0.3 is 10.6 Å². The SMILES string of the molecule is O=C(NCCNc1cccc(F)c1[N+](=O)[O-])C1CC1. The molecule has 0 aliphatic heterocycles. The molecule has 0 saturated heterocycles. The van der Waals surface area contributed by atoms with Gasteiger partial charge in [-0.15, -0.1) is 0 Å². The van der Waals surface area contributed by atoms with Crippen molar-refractivity contribution in [3.8, 4) is 0 Å². The Labute approximate surface area is 109 Å². The summed E-state index contributed by atoms with van der Waals surface area (Å²) in [6, 6.07) is 3.87. The topological polar surface area (TPSA) is 84.3 Å². The molecule has 0 bridgehead atoms. The number of hydrogen-bond acceptors (Lipinski definition) is 4. The average molecular weight is 267 g/mol. The maximum absolute atomic E-state index is 13.3. The Hall–Kier alpha value is -2.18. The second-order valence-electron chi connectivity index (χ2n) is 4.39. The maximum atomic E-state index is 13.3. The number of halogens is 1. The van der Waals surface area contributed by atoms with E-state index in [9.17, 15) is 19.3 Å². The summed E-state index contributed by atoms with van der Waals surface area (Å²) in [6.45, 7) is 0.658. The number of nitrogens with zero attached hydrogens (tertiary/aromatic N) is 1. The van der Waals surface area contributed by atoms with Gasteiger partial charge in [-0.1, -0.05) is 6.07 Å². The van der Waals surface area contributed by atoms with E-state index in [4.69, 9.17) is 0 Å². The summed E-state index contributed by atoms with van der Waals surface area (Å²) in [5.41, 5.74) is -0.457. The predicted molar refractivity (Wildman–Crippen MR) is 67.3 cm³/mol. The van der Waals surface area contributed by atoms with Crippen molar-refractivity contribution in [2.75, 3.05) is 18.4 Å². The normalized spacial score (nSPS) is 13.9. The first-order chi connectivity index (χ1) is 9.09. The molecule has 0 spiro atoms. The van der Waals surface area contributed by atoms with Crippen molar-refractivity contribution >= 4 is 17.3 Å². The van der Waals surface area contributed by atoms with Crippen molar-refractivity contribution in [1.82, 2.24) is 5.32 Å². The Morgan fingerprint density at radius 1 is 1.42 bits per heavy atom. The van der Waals surface area contributed by atoms with E-state index < -0.39 is 16.4 Å². The zero-order chi connectivity index (χ0) is 13.8. The summed E-state index contributed by atoms with van der Waals surface area (Å²) in [5, 5.41) is 16.2. The third kappa shape index (κ3) is 3.40. The van der Waals surface area contributed by atoms with Crippen molar-refractivity contribution in [3.05, 3.63) is 34.1 Å². The van der Waals surface area contributed by atoms with Crippen LogP contribution in [0, 0.1) is 21.8 Å². The molecule has 7 heteroatoms. The Morgan fingerprint density at radius 2 is 2.16 bits per heavy atom. The molecule has 0 radical (unpaired) electrons. The van der Waals surface area contributed by atoms with Gasteiger partial charge in [0.05, 0.1) is 4.92 Å². The van der Waals surface area contributed by atoms with Crippen molar-refractivity contribution in [2.24, 2.45) is 5.92 Å². The number of hydrogen-bond donors (Lipinski definition) is 2. The first-order valence-corrected chi connectivity index (χ1v) is 6.04. The molecule has 0 unspecified atom stereocenters. The second kappa shape index (κ2) is 5.64. The highest BCUT2D eigenvalue weighted by Gasteiger charge is 2.29. The van der Waals surface area contributed by atoms with Crippen LogP contribution in [0.1, 0.15) is 12.8 Å². The van der Waals surface area contributed by atoms with Crippen LogP contribution in [-0.4, -0.2) is 23.9 Å². The molecular formula is C12H14FN3O3. The van der Waals surface area contributed by atoms with E-state index in [2.05, 4.69) is 10.6 Å². The van der Waals surface area contributed by atoms with Crippen LogP contribution in [-0.2, 0) is 4.79 Å². The number of nitro groups is 1. The number of carbonyl (C=O) groups is 1. The van der Waals surface area contributed by atoms with Gasteiger partial charge in [-0.3, -0.25) is 14.9 Å². The molecule has 1 aromatic carbocycles. The van der Waals surface area contributed by atoms with Gasteiger partial charge in [0.25, 0.3) is 0 Å². The molecule has 1 aliphatic rings. The summed E-state index contributed by atoms with van der Waals surface area (Å²) in [5.74, 6) is -0.740. The van der Waals surface area contributed by atoms with Crippen LogP contribution in [0.25, 0.3) is 0 Å². The van der Waals surface area contributed by atoms with Gasteiger partial charge in [-0.2, -0.15) is 4.39 Å². The van der Waals surface area contributed by atoms with Gasteiger partial charge in [0, 0.05) is 19.0 Å². The van der Waals surface area contributed by atoms with Crippen LogP contribution in [0.3, 0.4) is 0 Å². The first kappa shape index (κ1) is 13.3. The monoisotopic (exact) mass is 267 g/mol. The van der Waals surface area contributed by atoms with Crippen LogP contribution in [0.4, 0.5) is 15.8 Å². The van der Waals surface area contributed by atoms with Crippen LogP contribution in [0.15, 0.2) is 18.2 Å². The van der Waals surface area contributed by atoms with Crippen LogP contribution in [0.2, 0.25) is 0 Å². The van der Waals surface area contributed by atoms with Crippen molar-refractivity contribution < 1.29 is 14.1 Å². The van der Waals surface area contributed by atoms with E-state index in [-0.39, 0.29) is 17.5 Å². The lowest BCUT2D eigenvalue weighted by Gasteiger charge is -2.08. The van der Waals surface area contributed by atoms with Crippen LogP contribution >= 0.6 is 0 Å². The molecule has 1 fully saturated rings. The molecule has 1 saturated carbocycles. The highest BCUT2D eigenvalue weighted by molar-refractivity contribution is 5.80. The minimum Gasteiger partial charge on any atom is -0.378 e. The fourth-order valence-electron chi connectivity index (χ4n) is 1.72. The summed E-state index contributed by atoms with van der Waals surface area (Å²) in [4.78, 5) is 21.3. The fourth-order valence-corrected chi connectivity index (χ4v) is 1.72. The summed E-state index contributed by atoms with van der Waals surface area (Å²) in [6.07, 6.45) is 1.85. The molecule has 2 N–H and O–H groups in total. The molecule has 0 aromatic heterocycles. The van der Waals surface area contributed by atoms with Crippen LogP contribution < -0.4 is 10.6 Å². The molecule has 1 aliphatic carbocycles. The number of benzene rings is 1. The van der Waals surface area contributed by atoms with Gasteiger partial charge in [0.1, 0.15) is 5.69 Å². The van der Waals surface area contributed by atoms with E-state index in [1.54, 1.807) is 0 Å². The summed E-state index contributed by atoms with van der Waals surface area (Å²) >= 11 is 0. The molecular weight excluding hydrogens is 253 g/mol. The Balaban J connectivity index is 1.86. The highest BCUT2D eigenvalue weighted by atomic mass is 19.1. The number of anilines is 1. The van der Waals surface area contributed by atoms with Gasteiger partial charge >= 0.3 is 5.69 Å². The molecule has 19 heavy (non-hydrogen) atoms. The van der Waals surface area contributed by atoms with Crippen molar-refractivity contribution in [2.45, 2.75) is 12.8 Å².